The summed E-state index contributed by atoms with van der Waals surface area (Å²) in [5.74, 6) is -0.971. The molecule has 2 heterocycles. The van der Waals surface area contributed by atoms with Gasteiger partial charge >= 0.3 is 0 Å². The minimum absolute atomic E-state index is 0.0581. The Kier molecular flexibility index (Phi) is 3.27. The standard InChI is InChI=1S/C14H6BrFO3S/c15-9-5-7(16)4-8-10(17)6-11(19-14(8)9)13(18)12-2-1-3-20-12/h1-6H. The lowest BCUT2D eigenvalue weighted by molar-refractivity contribution is 0.101. The number of carbonyl (C=O) groups is 1. The number of hydrogen-bond acceptors (Lipinski definition) is 4. The molecule has 0 N–H and O–H groups in total. The minimum Gasteiger partial charge on any atom is -0.451 e. The van der Waals surface area contributed by atoms with E-state index in [0.29, 0.717) is 9.35 Å². The fraction of sp³-hybridized carbons (Fsp3) is 0. The summed E-state index contributed by atoms with van der Waals surface area (Å²) >= 11 is 4.39. The van der Waals surface area contributed by atoms with Crippen molar-refractivity contribution in [3.63, 3.8) is 0 Å². The van der Waals surface area contributed by atoms with Gasteiger partial charge in [0, 0.05) is 6.07 Å². The van der Waals surface area contributed by atoms with Crippen LogP contribution in [0.1, 0.15) is 15.4 Å². The number of carbonyl (C=O) groups excluding carboxylic acids is 1. The van der Waals surface area contributed by atoms with Gasteiger partial charge in [0.1, 0.15) is 5.82 Å². The van der Waals surface area contributed by atoms with Crippen LogP contribution < -0.4 is 5.43 Å². The highest BCUT2D eigenvalue weighted by atomic mass is 79.9. The zero-order valence-corrected chi connectivity index (χ0v) is 12.3. The van der Waals surface area contributed by atoms with Crippen LogP contribution in [0.25, 0.3) is 11.0 Å². The van der Waals surface area contributed by atoms with Crippen molar-refractivity contribution in [2.45, 2.75) is 0 Å². The number of rotatable bonds is 2. The quantitative estimate of drug-likeness (QED) is 0.655. The lowest BCUT2D eigenvalue weighted by Crippen LogP contribution is -2.07. The van der Waals surface area contributed by atoms with Crippen molar-refractivity contribution in [2.24, 2.45) is 0 Å². The van der Waals surface area contributed by atoms with Crippen molar-refractivity contribution < 1.29 is 13.6 Å². The van der Waals surface area contributed by atoms with E-state index in [9.17, 15) is 14.0 Å². The van der Waals surface area contributed by atoms with Crippen LogP contribution in [-0.4, -0.2) is 5.78 Å². The summed E-state index contributed by atoms with van der Waals surface area (Å²) in [5.41, 5.74) is -0.287. The molecule has 1 aromatic carbocycles. The topological polar surface area (TPSA) is 47.3 Å². The molecule has 100 valence electrons. The molecule has 3 aromatic rings. The third-order valence-corrected chi connectivity index (χ3v) is 4.17. The fourth-order valence-electron chi connectivity index (χ4n) is 1.82. The van der Waals surface area contributed by atoms with E-state index in [1.165, 1.54) is 17.4 Å². The molecule has 0 aliphatic heterocycles. The highest BCUT2D eigenvalue weighted by molar-refractivity contribution is 9.10. The summed E-state index contributed by atoms with van der Waals surface area (Å²) in [5, 5.41) is 1.86. The molecule has 0 saturated heterocycles. The maximum atomic E-state index is 13.3. The summed E-state index contributed by atoms with van der Waals surface area (Å²) < 4.78 is 19.0. The molecule has 0 spiro atoms. The number of ketones is 1. The minimum atomic E-state index is -0.547. The molecule has 3 nitrogen and oxygen atoms in total. The molecular weight excluding hydrogens is 347 g/mol. The van der Waals surface area contributed by atoms with E-state index in [2.05, 4.69) is 15.9 Å². The highest BCUT2D eigenvalue weighted by Gasteiger charge is 2.17. The second-order valence-electron chi connectivity index (χ2n) is 4.05. The molecule has 0 amide bonds. The van der Waals surface area contributed by atoms with E-state index in [4.69, 9.17) is 4.42 Å². The summed E-state index contributed by atoms with van der Waals surface area (Å²) in [7, 11) is 0. The van der Waals surface area contributed by atoms with Crippen molar-refractivity contribution in [1.82, 2.24) is 0 Å². The van der Waals surface area contributed by atoms with Gasteiger partial charge in [0.2, 0.25) is 5.78 Å². The van der Waals surface area contributed by atoms with Crippen LogP contribution in [0.15, 0.2) is 49.4 Å². The zero-order valence-electron chi connectivity index (χ0n) is 9.85. The largest absolute Gasteiger partial charge is 0.451 e. The Labute approximate surface area is 124 Å². The van der Waals surface area contributed by atoms with Crippen LogP contribution in [0.4, 0.5) is 4.39 Å². The first-order valence-corrected chi connectivity index (χ1v) is 7.24. The Morgan fingerprint density at radius 2 is 2.10 bits per heavy atom. The Bertz CT molecular complexity index is 868. The molecule has 0 aliphatic carbocycles. The van der Waals surface area contributed by atoms with E-state index >= 15 is 0 Å². The molecule has 0 saturated carbocycles. The molecule has 6 heteroatoms. The molecule has 0 aliphatic rings. The predicted molar refractivity (Wildman–Crippen MR) is 77.9 cm³/mol. The van der Waals surface area contributed by atoms with Gasteiger partial charge in [0.25, 0.3) is 0 Å². The summed E-state index contributed by atoms with van der Waals surface area (Å²) in [6.45, 7) is 0. The molecular formula is C14H6BrFO3S. The maximum absolute atomic E-state index is 13.3. The van der Waals surface area contributed by atoms with Crippen molar-refractivity contribution >= 4 is 44.0 Å². The molecule has 3 rings (SSSR count). The molecule has 0 atom stereocenters. The average molecular weight is 353 g/mol. The summed E-state index contributed by atoms with van der Waals surface area (Å²) in [4.78, 5) is 24.6. The van der Waals surface area contributed by atoms with E-state index in [1.807, 2.05) is 0 Å². The fourth-order valence-corrected chi connectivity index (χ4v) is 3.01. The first-order valence-electron chi connectivity index (χ1n) is 5.57. The summed E-state index contributed by atoms with van der Waals surface area (Å²) in [6.07, 6.45) is 0. The number of thiophene rings is 1. The van der Waals surface area contributed by atoms with Gasteiger partial charge in [-0.25, -0.2) is 4.39 Å². The predicted octanol–water partition coefficient (Wildman–Crippen LogP) is 3.99. The van der Waals surface area contributed by atoms with Crippen LogP contribution in [0.2, 0.25) is 0 Å². The monoisotopic (exact) mass is 352 g/mol. The highest BCUT2D eigenvalue weighted by Crippen LogP contribution is 2.25. The van der Waals surface area contributed by atoms with E-state index < -0.39 is 11.2 Å². The normalized spacial score (nSPS) is 10.9. The molecule has 0 radical (unpaired) electrons. The number of hydrogen-bond donors (Lipinski definition) is 0. The Hall–Kier alpha value is -1.79. The zero-order chi connectivity index (χ0) is 14.3. The Morgan fingerprint density at radius 3 is 2.80 bits per heavy atom. The first kappa shape index (κ1) is 13.2. The van der Waals surface area contributed by atoms with Gasteiger partial charge in [0.05, 0.1) is 14.7 Å². The third-order valence-electron chi connectivity index (χ3n) is 2.72. The SMILES string of the molecule is O=C(c1cc(=O)c2cc(F)cc(Br)c2o1)c1cccs1. The molecule has 0 unspecified atom stereocenters. The molecule has 0 bridgehead atoms. The smallest absolute Gasteiger partial charge is 0.238 e. The Balaban J connectivity index is 2.25. The van der Waals surface area contributed by atoms with Crippen molar-refractivity contribution in [3.05, 3.63) is 66.9 Å². The first-order chi connectivity index (χ1) is 9.56. The maximum Gasteiger partial charge on any atom is 0.238 e. The Morgan fingerprint density at radius 1 is 1.30 bits per heavy atom. The summed E-state index contributed by atoms with van der Waals surface area (Å²) in [6, 6.07) is 6.76. The van der Waals surface area contributed by atoms with Crippen LogP contribution in [0.3, 0.4) is 0 Å². The lowest BCUT2D eigenvalue weighted by Gasteiger charge is -2.03. The number of benzene rings is 1. The van der Waals surface area contributed by atoms with Gasteiger partial charge in [-0.3, -0.25) is 9.59 Å². The van der Waals surface area contributed by atoms with Crippen molar-refractivity contribution in [1.29, 1.82) is 0 Å². The van der Waals surface area contributed by atoms with Gasteiger partial charge in [0.15, 0.2) is 16.8 Å². The third kappa shape index (κ3) is 2.21. The number of halogens is 2. The van der Waals surface area contributed by atoms with Crippen molar-refractivity contribution in [3.8, 4) is 0 Å². The van der Waals surface area contributed by atoms with E-state index in [0.717, 1.165) is 12.1 Å². The van der Waals surface area contributed by atoms with Crippen LogP contribution in [0.5, 0.6) is 0 Å². The van der Waals surface area contributed by atoms with Gasteiger partial charge in [-0.2, -0.15) is 0 Å². The average Bonchev–Trinajstić information content (AvgIpc) is 2.92. The lowest BCUT2D eigenvalue weighted by atomic mass is 10.2. The van der Waals surface area contributed by atoms with E-state index in [-0.39, 0.29) is 22.5 Å². The molecule has 2 aromatic heterocycles. The second-order valence-corrected chi connectivity index (χ2v) is 5.85. The van der Waals surface area contributed by atoms with Crippen molar-refractivity contribution in [2.75, 3.05) is 0 Å². The van der Waals surface area contributed by atoms with Gasteiger partial charge in [-0.05, 0) is 39.5 Å². The molecule has 0 fully saturated rings. The second kappa shape index (κ2) is 4.96. The van der Waals surface area contributed by atoms with Crippen LogP contribution >= 0.6 is 27.3 Å². The van der Waals surface area contributed by atoms with Gasteiger partial charge in [-0.15, -0.1) is 11.3 Å². The van der Waals surface area contributed by atoms with Gasteiger partial charge < -0.3 is 4.42 Å². The number of fused-ring (bicyclic) bond motifs is 1. The van der Waals surface area contributed by atoms with Crippen LogP contribution in [-0.2, 0) is 0 Å². The van der Waals surface area contributed by atoms with E-state index in [1.54, 1.807) is 17.5 Å². The van der Waals surface area contributed by atoms with Crippen LogP contribution in [0, 0.1) is 5.82 Å². The molecule has 20 heavy (non-hydrogen) atoms. The van der Waals surface area contributed by atoms with Gasteiger partial charge in [-0.1, -0.05) is 6.07 Å².